The molecule has 0 atom stereocenters. The molecule has 5 aromatic rings. The summed E-state index contributed by atoms with van der Waals surface area (Å²) in [6, 6.07) is 25.6. The van der Waals surface area contributed by atoms with E-state index in [9.17, 15) is 4.79 Å². The molecule has 2 aromatic heterocycles. The molecular weight excluding hydrogens is 421 g/mol. The number of benzene rings is 3. The van der Waals surface area contributed by atoms with Gasteiger partial charge in [0, 0.05) is 0 Å². The van der Waals surface area contributed by atoms with Gasteiger partial charge in [0.25, 0.3) is 0 Å². The predicted octanol–water partition coefficient (Wildman–Crippen LogP) is 5.86. The molecule has 0 aliphatic heterocycles. The normalized spacial score (nSPS) is 11.3. The van der Waals surface area contributed by atoms with Crippen molar-refractivity contribution in [3.8, 4) is 10.0 Å². The van der Waals surface area contributed by atoms with Crippen molar-refractivity contribution in [2.75, 3.05) is 0 Å². The second-order valence-electron chi connectivity index (χ2n) is 6.36. The Morgan fingerprint density at radius 3 is 2.30 bits per heavy atom. The summed E-state index contributed by atoms with van der Waals surface area (Å²) in [6.07, 6.45) is 0. The van der Waals surface area contributed by atoms with Crippen molar-refractivity contribution in [1.82, 2.24) is 4.57 Å². The summed E-state index contributed by atoms with van der Waals surface area (Å²) in [6.45, 7) is 0. The van der Waals surface area contributed by atoms with Crippen LogP contribution in [0.3, 0.4) is 0 Å². The average molecular weight is 435 g/mol. The molecular formula is C23H14ClNOSe. The molecule has 3 aromatic carbocycles. The number of hydrogen-bond acceptors (Lipinski definition) is 1. The van der Waals surface area contributed by atoms with Crippen molar-refractivity contribution in [2.45, 2.75) is 0 Å². The van der Waals surface area contributed by atoms with E-state index in [0.717, 1.165) is 21.4 Å². The van der Waals surface area contributed by atoms with Crippen molar-refractivity contribution in [2.24, 2.45) is 0 Å². The van der Waals surface area contributed by atoms with Crippen molar-refractivity contribution in [3.63, 3.8) is 0 Å². The monoisotopic (exact) mass is 435 g/mol. The summed E-state index contributed by atoms with van der Waals surface area (Å²) in [5, 5.41) is 3.03. The third kappa shape index (κ3) is 2.67. The maximum atomic E-state index is 13.3. The number of fused-ring (bicyclic) bond motifs is 3. The maximum absolute atomic E-state index is 13.3. The van der Waals surface area contributed by atoms with Crippen LogP contribution in [0, 0.1) is 0 Å². The Bertz CT molecular complexity index is 1280. The number of carbonyl (C=O) groups is 1. The van der Waals surface area contributed by atoms with E-state index in [-0.39, 0.29) is 20.4 Å². The van der Waals surface area contributed by atoms with Crippen LogP contribution in [0.2, 0.25) is 5.02 Å². The Labute approximate surface area is 167 Å². The van der Waals surface area contributed by atoms with E-state index in [2.05, 4.69) is 23.1 Å². The van der Waals surface area contributed by atoms with E-state index in [1.165, 1.54) is 15.4 Å². The van der Waals surface area contributed by atoms with Crippen LogP contribution in [0.5, 0.6) is 0 Å². The van der Waals surface area contributed by atoms with Gasteiger partial charge in [-0.1, -0.05) is 0 Å². The Kier molecular flexibility index (Phi) is 4.02. The van der Waals surface area contributed by atoms with Crippen molar-refractivity contribution < 1.29 is 4.79 Å². The van der Waals surface area contributed by atoms with E-state index >= 15 is 0 Å². The summed E-state index contributed by atoms with van der Waals surface area (Å²) in [4.78, 5) is 15.5. The van der Waals surface area contributed by atoms with Gasteiger partial charge in [-0.15, -0.1) is 0 Å². The summed E-state index contributed by atoms with van der Waals surface area (Å²) in [5.41, 5.74) is 3.83. The first-order valence-corrected chi connectivity index (χ1v) is 10.8. The molecule has 0 aliphatic carbocycles. The molecule has 0 bridgehead atoms. The standard InChI is InChI=1S/C23H14ClNOSe/c24-17-12-10-15(11-13-17)22-21-18-8-4-5-9-19(18)25(20(21)14-27-22)23(26)16-6-2-1-3-7-16/h1-14H. The summed E-state index contributed by atoms with van der Waals surface area (Å²) < 4.78 is 3.16. The Morgan fingerprint density at radius 1 is 0.815 bits per heavy atom. The molecule has 0 aliphatic rings. The fraction of sp³-hybridized carbons (Fsp3) is 0. The van der Waals surface area contributed by atoms with E-state index in [1.54, 1.807) is 0 Å². The van der Waals surface area contributed by atoms with Gasteiger partial charge in [-0.3, -0.25) is 0 Å². The van der Waals surface area contributed by atoms with Crippen molar-refractivity contribution in [1.29, 1.82) is 0 Å². The van der Waals surface area contributed by atoms with Crippen LogP contribution in [0.1, 0.15) is 10.4 Å². The summed E-state index contributed by atoms with van der Waals surface area (Å²) in [5.74, 6) is 0.0115. The second kappa shape index (κ2) is 6.54. The molecule has 130 valence electrons. The number of rotatable bonds is 2. The Morgan fingerprint density at radius 2 is 1.52 bits per heavy atom. The van der Waals surface area contributed by atoms with E-state index in [1.807, 2.05) is 65.2 Å². The third-order valence-corrected chi connectivity index (χ3v) is 7.14. The van der Waals surface area contributed by atoms with Gasteiger partial charge >= 0.3 is 168 Å². The van der Waals surface area contributed by atoms with E-state index < -0.39 is 0 Å². The molecule has 0 amide bonds. The molecule has 5 rings (SSSR count). The topological polar surface area (TPSA) is 22.0 Å². The van der Waals surface area contributed by atoms with Crippen LogP contribution in [0.15, 0.2) is 83.8 Å². The zero-order valence-corrected chi connectivity index (χ0v) is 16.7. The predicted molar refractivity (Wildman–Crippen MR) is 113 cm³/mol. The van der Waals surface area contributed by atoms with Gasteiger partial charge in [-0.25, -0.2) is 0 Å². The molecule has 2 heterocycles. The van der Waals surface area contributed by atoms with Gasteiger partial charge in [0.1, 0.15) is 0 Å². The number of aromatic nitrogens is 1. The zero-order valence-electron chi connectivity index (χ0n) is 14.2. The summed E-state index contributed by atoms with van der Waals surface area (Å²) in [7, 11) is 0. The zero-order chi connectivity index (χ0) is 18.4. The molecule has 27 heavy (non-hydrogen) atoms. The van der Waals surface area contributed by atoms with Crippen LogP contribution in [-0.2, 0) is 0 Å². The van der Waals surface area contributed by atoms with Crippen LogP contribution in [0.4, 0.5) is 0 Å². The fourth-order valence-electron chi connectivity index (χ4n) is 3.53. The SMILES string of the molecule is O=C(c1ccccc1)n1c2ccccc2c2c(-c3ccc(Cl)cc3)[se]cc21. The van der Waals surface area contributed by atoms with Gasteiger partial charge in [-0.2, -0.15) is 0 Å². The molecule has 4 heteroatoms. The second-order valence-corrected chi connectivity index (χ2v) is 8.64. The first-order valence-electron chi connectivity index (χ1n) is 8.60. The molecule has 2 nitrogen and oxygen atoms in total. The van der Waals surface area contributed by atoms with Gasteiger partial charge in [0.05, 0.1) is 0 Å². The molecule has 0 saturated heterocycles. The van der Waals surface area contributed by atoms with Crippen molar-refractivity contribution in [3.05, 3.63) is 94.4 Å². The average Bonchev–Trinajstić information content (AvgIpc) is 3.27. The van der Waals surface area contributed by atoms with Crippen LogP contribution in [-0.4, -0.2) is 25.0 Å². The van der Waals surface area contributed by atoms with Gasteiger partial charge in [0.15, 0.2) is 0 Å². The molecule has 0 unspecified atom stereocenters. The molecule has 0 spiro atoms. The van der Waals surface area contributed by atoms with Crippen LogP contribution in [0.25, 0.3) is 31.8 Å². The molecule has 0 radical (unpaired) electrons. The molecule has 0 N–H and O–H groups in total. The minimum absolute atomic E-state index is 0.0115. The number of para-hydroxylation sites is 1. The van der Waals surface area contributed by atoms with Crippen LogP contribution >= 0.6 is 11.6 Å². The van der Waals surface area contributed by atoms with E-state index in [4.69, 9.17) is 11.6 Å². The van der Waals surface area contributed by atoms with Gasteiger partial charge in [-0.05, 0) is 0 Å². The minimum atomic E-state index is 0.0115. The fourth-order valence-corrected chi connectivity index (χ4v) is 5.87. The summed E-state index contributed by atoms with van der Waals surface area (Å²) >= 11 is 6.23. The number of nitrogens with zero attached hydrogens (tertiary/aromatic N) is 1. The molecule has 0 fully saturated rings. The van der Waals surface area contributed by atoms with Gasteiger partial charge < -0.3 is 0 Å². The first kappa shape index (κ1) is 16.6. The molecule has 0 saturated carbocycles. The number of halogens is 1. The first-order chi connectivity index (χ1) is 13.2. The number of hydrogen-bond donors (Lipinski definition) is 0. The van der Waals surface area contributed by atoms with Crippen molar-refractivity contribution >= 4 is 53.8 Å². The Hall–Kier alpha value is -2.58. The van der Waals surface area contributed by atoms with Gasteiger partial charge in [0.2, 0.25) is 0 Å². The number of carbonyl (C=O) groups excluding carboxylic acids is 1. The quantitative estimate of drug-likeness (QED) is 0.319. The Balaban J connectivity index is 1.82. The van der Waals surface area contributed by atoms with Crippen LogP contribution < -0.4 is 0 Å². The third-order valence-electron chi connectivity index (χ3n) is 4.76. The van der Waals surface area contributed by atoms with E-state index in [0.29, 0.717) is 5.56 Å².